The Morgan fingerprint density at radius 1 is 1.44 bits per heavy atom. The molecule has 1 saturated heterocycles. The van der Waals surface area contributed by atoms with Crippen LogP contribution in [0.3, 0.4) is 0 Å². The van der Waals surface area contributed by atoms with Crippen molar-refractivity contribution in [2.45, 2.75) is 19.4 Å². The molecular weight excluding hydrogens is 235 g/mol. The van der Waals surface area contributed by atoms with Gasteiger partial charge in [-0.25, -0.2) is 4.39 Å². The lowest BCUT2D eigenvalue weighted by atomic mass is 10.2. The van der Waals surface area contributed by atoms with Crippen LogP contribution < -0.4 is 5.32 Å². The average molecular weight is 250 g/mol. The molecule has 0 saturated carbocycles. The summed E-state index contributed by atoms with van der Waals surface area (Å²) in [5.74, 6) is -0.708. The predicted octanol–water partition coefficient (Wildman–Crippen LogP) is 1.18. The number of likely N-dealkylation sites (tertiary alicyclic amines) is 1. The molecule has 1 aliphatic rings. The summed E-state index contributed by atoms with van der Waals surface area (Å²) in [5.41, 5.74) is 0.346. The lowest BCUT2D eigenvalue weighted by Gasteiger charge is -2.16. The van der Waals surface area contributed by atoms with Crippen molar-refractivity contribution in [3.05, 3.63) is 35.6 Å². The van der Waals surface area contributed by atoms with Crippen molar-refractivity contribution in [2.75, 3.05) is 13.1 Å². The molecule has 0 aromatic heterocycles. The van der Waals surface area contributed by atoms with Crippen LogP contribution in [0.4, 0.5) is 4.39 Å². The Bertz CT molecular complexity index is 476. The third-order valence-corrected chi connectivity index (χ3v) is 2.95. The molecule has 1 aromatic rings. The normalized spacial score (nSPS) is 18.8. The lowest BCUT2D eigenvalue weighted by molar-refractivity contribution is -0.119. The topological polar surface area (TPSA) is 49.4 Å². The van der Waals surface area contributed by atoms with Gasteiger partial charge in [-0.2, -0.15) is 0 Å². The number of nitrogens with zero attached hydrogens (tertiary/aromatic N) is 1. The van der Waals surface area contributed by atoms with Crippen LogP contribution in [0.1, 0.15) is 23.7 Å². The van der Waals surface area contributed by atoms with E-state index in [1.54, 1.807) is 11.0 Å². The van der Waals surface area contributed by atoms with Crippen LogP contribution in [-0.2, 0) is 4.79 Å². The molecule has 96 valence electrons. The van der Waals surface area contributed by atoms with Crippen LogP contribution >= 0.6 is 0 Å². The summed E-state index contributed by atoms with van der Waals surface area (Å²) in [4.78, 5) is 24.6. The molecule has 2 amide bonds. The first-order chi connectivity index (χ1) is 8.56. The fourth-order valence-corrected chi connectivity index (χ4v) is 2.15. The Morgan fingerprint density at radius 2 is 2.22 bits per heavy atom. The molecule has 1 N–H and O–H groups in total. The summed E-state index contributed by atoms with van der Waals surface area (Å²) in [5, 5.41) is 2.78. The quantitative estimate of drug-likeness (QED) is 0.856. The fraction of sp³-hybridized carbons (Fsp3) is 0.385. The Morgan fingerprint density at radius 3 is 2.89 bits per heavy atom. The van der Waals surface area contributed by atoms with Crippen molar-refractivity contribution in [2.24, 2.45) is 0 Å². The van der Waals surface area contributed by atoms with Crippen molar-refractivity contribution in [3.8, 4) is 0 Å². The van der Waals surface area contributed by atoms with Gasteiger partial charge in [0.25, 0.3) is 5.91 Å². The minimum Gasteiger partial charge on any atom is -0.352 e. The molecule has 1 aromatic carbocycles. The van der Waals surface area contributed by atoms with Crippen LogP contribution in [0.15, 0.2) is 24.3 Å². The molecule has 0 radical (unpaired) electrons. The van der Waals surface area contributed by atoms with Gasteiger partial charge in [-0.15, -0.1) is 0 Å². The summed E-state index contributed by atoms with van der Waals surface area (Å²) >= 11 is 0. The highest BCUT2D eigenvalue weighted by atomic mass is 19.1. The highest BCUT2D eigenvalue weighted by Gasteiger charge is 2.27. The third kappa shape index (κ3) is 2.85. The third-order valence-electron chi connectivity index (χ3n) is 2.95. The number of halogens is 1. The number of carbonyl (C=O) groups excluding carboxylic acids is 2. The zero-order valence-electron chi connectivity index (χ0n) is 10.1. The zero-order chi connectivity index (χ0) is 13.1. The maximum Gasteiger partial charge on any atom is 0.254 e. The molecule has 1 heterocycles. The molecule has 1 fully saturated rings. The molecule has 1 atom stereocenters. The van der Waals surface area contributed by atoms with Gasteiger partial charge >= 0.3 is 0 Å². The number of rotatable bonds is 2. The van der Waals surface area contributed by atoms with Gasteiger partial charge in [0.2, 0.25) is 5.91 Å². The largest absolute Gasteiger partial charge is 0.352 e. The van der Waals surface area contributed by atoms with E-state index in [0.717, 1.165) is 6.42 Å². The minimum atomic E-state index is -0.418. The number of carbonyl (C=O) groups is 2. The van der Waals surface area contributed by atoms with Crippen molar-refractivity contribution < 1.29 is 14.0 Å². The van der Waals surface area contributed by atoms with E-state index in [9.17, 15) is 14.0 Å². The van der Waals surface area contributed by atoms with Crippen LogP contribution in [0.2, 0.25) is 0 Å². The van der Waals surface area contributed by atoms with E-state index in [4.69, 9.17) is 0 Å². The Hall–Kier alpha value is -1.91. The second kappa shape index (κ2) is 5.16. The van der Waals surface area contributed by atoms with E-state index in [2.05, 4.69) is 5.32 Å². The number of hydrogen-bond acceptors (Lipinski definition) is 2. The Labute approximate surface area is 105 Å². The number of nitrogens with one attached hydrogen (secondary N) is 1. The van der Waals surface area contributed by atoms with Gasteiger partial charge in [-0.3, -0.25) is 9.59 Å². The predicted molar refractivity (Wildman–Crippen MR) is 64.5 cm³/mol. The molecule has 4 nitrogen and oxygen atoms in total. The standard InChI is InChI=1S/C13H15FN2O2/c1-9(17)15-12-5-6-16(8-12)13(18)10-3-2-4-11(14)7-10/h2-4,7,12H,5-6,8H2,1H3,(H,15,17)/t12-/m1/s1. The summed E-state index contributed by atoms with van der Waals surface area (Å²) in [6.07, 6.45) is 0.737. The van der Waals surface area contributed by atoms with Crippen molar-refractivity contribution in [3.63, 3.8) is 0 Å². The van der Waals surface area contributed by atoms with Gasteiger partial charge < -0.3 is 10.2 Å². The molecule has 18 heavy (non-hydrogen) atoms. The van der Waals surface area contributed by atoms with Gasteiger partial charge in [-0.1, -0.05) is 6.07 Å². The molecule has 0 unspecified atom stereocenters. The molecule has 2 rings (SSSR count). The molecule has 0 aliphatic carbocycles. The van der Waals surface area contributed by atoms with E-state index in [0.29, 0.717) is 18.7 Å². The zero-order valence-corrected chi connectivity index (χ0v) is 10.1. The molecule has 5 heteroatoms. The lowest BCUT2D eigenvalue weighted by Crippen LogP contribution is -2.37. The van der Waals surface area contributed by atoms with E-state index in [1.165, 1.54) is 25.1 Å². The van der Waals surface area contributed by atoms with Gasteiger partial charge in [-0.05, 0) is 24.6 Å². The summed E-state index contributed by atoms with van der Waals surface area (Å²) in [6.45, 7) is 2.52. The summed E-state index contributed by atoms with van der Waals surface area (Å²) in [6, 6.07) is 5.65. The number of hydrogen-bond donors (Lipinski definition) is 1. The first-order valence-corrected chi connectivity index (χ1v) is 5.88. The fourth-order valence-electron chi connectivity index (χ4n) is 2.15. The highest BCUT2D eigenvalue weighted by molar-refractivity contribution is 5.94. The maximum atomic E-state index is 13.0. The first-order valence-electron chi connectivity index (χ1n) is 5.88. The van der Waals surface area contributed by atoms with Gasteiger partial charge in [0.05, 0.1) is 0 Å². The van der Waals surface area contributed by atoms with E-state index < -0.39 is 5.82 Å². The molecular formula is C13H15FN2O2. The van der Waals surface area contributed by atoms with Gasteiger partial charge in [0, 0.05) is 31.6 Å². The SMILES string of the molecule is CC(=O)N[C@@H]1CCN(C(=O)c2cccc(F)c2)C1. The average Bonchev–Trinajstić information content (AvgIpc) is 2.75. The summed E-state index contributed by atoms with van der Waals surface area (Å²) in [7, 11) is 0. The highest BCUT2D eigenvalue weighted by Crippen LogP contribution is 2.14. The van der Waals surface area contributed by atoms with E-state index in [-0.39, 0.29) is 17.9 Å². The number of amides is 2. The second-order valence-electron chi connectivity index (χ2n) is 4.45. The number of benzene rings is 1. The summed E-state index contributed by atoms with van der Waals surface area (Å²) < 4.78 is 13.0. The van der Waals surface area contributed by atoms with Crippen LogP contribution in [0.5, 0.6) is 0 Å². The van der Waals surface area contributed by atoms with Crippen LogP contribution in [0, 0.1) is 5.82 Å². The van der Waals surface area contributed by atoms with Crippen molar-refractivity contribution in [1.82, 2.24) is 10.2 Å². The Kier molecular flexibility index (Phi) is 3.60. The van der Waals surface area contributed by atoms with Gasteiger partial charge in [0.15, 0.2) is 0 Å². The van der Waals surface area contributed by atoms with Crippen LogP contribution in [-0.4, -0.2) is 35.8 Å². The molecule has 0 bridgehead atoms. The van der Waals surface area contributed by atoms with Crippen molar-refractivity contribution >= 4 is 11.8 Å². The molecule has 1 aliphatic heterocycles. The monoisotopic (exact) mass is 250 g/mol. The maximum absolute atomic E-state index is 13.0. The van der Waals surface area contributed by atoms with E-state index in [1.807, 2.05) is 0 Å². The van der Waals surface area contributed by atoms with Crippen molar-refractivity contribution in [1.29, 1.82) is 0 Å². The van der Waals surface area contributed by atoms with E-state index >= 15 is 0 Å². The Balaban J connectivity index is 2.01. The smallest absolute Gasteiger partial charge is 0.254 e. The second-order valence-corrected chi connectivity index (χ2v) is 4.45. The van der Waals surface area contributed by atoms with Gasteiger partial charge in [0.1, 0.15) is 5.82 Å². The first kappa shape index (κ1) is 12.5. The molecule has 0 spiro atoms. The minimum absolute atomic E-state index is 0.00000850. The van der Waals surface area contributed by atoms with Crippen LogP contribution in [0.25, 0.3) is 0 Å².